The first kappa shape index (κ1) is 68.5. The zero-order valence-corrected chi connectivity index (χ0v) is 47.2. The Balaban J connectivity index is 1.60. The Hall–Kier alpha value is -9.96. The summed E-state index contributed by atoms with van der Waals surface area (Å²) in [4.78, 5) is 160. The summed E-state index contributed by atoms with van der Waals surface area (Å²) in [5, 5.41) is 80.6. The highest BCUT2D eigenvalue weighted by Crippen LogP contribution is 2.15. The van der Waals surface area contributed by atoms with E-state index < -0.39 is 164 Å². The lowest BCUT2D eigenvalue weighted by Gasteiger charge is -2.28. The molecule has 86 heavy (non-hydrogen) atoms. The number of aliphatic hydroxyl groups excluding tert-OH is 1. The lowest BCUT2D eigenvalue weighted by molar-refractivity contribution is -0.143. The van der Waals surface area contributed by atoms with Crippen LogP contribution in [0.3, 0.4) is 0 Å². The number of carboxylic acid groups (broad SMARTS) is 3. The predicted octanol–water partition coefficient (Wildman–Crippen LogP) is -2.22. The van der Waals surface area contributed by atoms with Crippen LogP contribution in [-0.4, -0.2) is 169 Å². The number of phenols is 2. The summed E-state index contributed by atoms with van der Waals surface area (Å²) in [6.07, 6.45) is -3.43. The van der Waals surface area contributed by atoms with Crippen LogP contribution in [0.2, 0.25) is 0 Å². The van der Waals surface area contributed by atoms with Crippen molar-refractivity contribution >= 4 is 71.1 Å². The van der Waals surface area contributed by atoms with E-state index in [0.29, 0.717) is 22.3 Å². The maximum absolute atomic E-state index is 14.5. The van der Waals surface area contributed by atoms with Crippen LogP contribution in [0.1, 0.15) is 62.3 Å². The number of hydrogen-bond acceptors (Lipinski definition) is 16. The molecule has 0 fully saturated rings. The Morgan fingerprint density at radius 3 is 1.20 bits per heavy atom. The van der Waals surface area contributed by atoms with Gasteiger partial charge in [-0.1, -0.05) is 98.8 Å². The number of hydrogen-bond donors (Lipinski definition) is 16. The number of aliphatic carboxylic acids is 3. The van der Waals surface area contributed by atoms with Crippen LogP contribution in [-0.2, 0) is 83.2 Å². The minimum Gasteiger partial charge on any atom is -0.508 e. The van der Waals surface area contributed by atoms with Crippen LogP contribution in [0, 0.1) is 5.92 Å². The second kappa shape index (κ2) is 34.0. The largest absolute Gasteiger partial charge is 0.508 e. The molecule has 9 atom stereocenters. The van der Waals surface area contributed by atoms with Gasteiger partial charge in [-0.25, -0.2) is 4.79 Å². The predicted molar refractivity (Wildman–Crippen MR) is 305 cm³/mol. The molecule has 0 bridgehead atoms. The van der Waals surface area contributed by atoms with Gasteiger partial charge in [-0.05, 0) is 65.8 Å². The van der Waals surface area contributed by atoms with E-state index in [1.54, 1.807) is 74.5 Å². The lowest BCUT2D eigenvalue weighted by atomic mass is 10.00. The third-order valence-electron chi connectivity index (χ3n) is 13.1. The Kier molecular flexibility index (Phi) is 27.1. The highest BCUT2D eigenvalue weighted by molar-refractivity contribution is 5.99. The molecule has 0 aromatic heterocycles. The zero-order chi connectivity index (χ0) is 63.6. The first-order valence-corrected chi connectivity index (χ1v) is 27.1. The van der Waals surface area contributed by atoms with Crippen LogP contribution in [0.25, 0.3) is 0 Å². The Bertz CT molecular complexity index is 3010. The molecule has 462 valence electrons. The molecule has 0 spiro atoms. The first-order chi connectivity index (χ1) is 40.8. The normalized spacial score (nSPS) is 14.1. The quantitative estimate of drug-likeness (QED) is 0.0236. The van der Waals surface area contributed by atoms with Crippen molar-refractivity contribution in [2.45, 2.75) is 120 Å². The SMILES string of the molecule is CC(C)[C@H](NC(=O)[C@H](CO)NC(=O)CN)C(=O)N[C@@H](Cc1ccccc1)C(=O)N[C@@H](CCC(=O)O)C(=O)N[C@@H](C)C(=O)N[C@@H](Cc1ccc(O)cc1)C(=O)N[C@@H](Cc1ccccc1)C(=O)N[C@@H](CC(=O)O)C(=O)N[C@@H](Cc1ccc(O)cc1)C(=O)O. The van der Waals surface area contributed by atoms with Gasteiger partial charge in [0.25, 0.3) is 0 Å². The number of carbonyl (C=O) groups excluding carboxylic acids is 9. The maximum atomic E-state index is 14.5. The van der Waals surface area contributed by atoms with Crippen molar-refractivity contribution < 1.29 is 88.2 Å². The van der Waals surface area contributed by atoms with E-state index in [9.17, 15) is 88.2 Å². The van der Waals surface area contributed by atoms with Crippen LogP contribution < -0.4 is 53.6 Å². The molecule has 0 radical (unpaired) electrons. The van der Waals surface area contributed by atoms with E-state index in [1.165, 1.54) is 55.5 Å². The second-order valence-corrected chi connectivity index (χ2v) is 20.3. The number of aliphatic hydroxyl groups is 1. The zero-order valence-electron chi connectivity index (χ0n) is 47.2. The lowest BCUT2D eigenvalue weighted by Crippen LogP contribution is -2.61. The molecule has 0 heterocycles. The molecule has 0 aliphatic rings. The van der Waals surface area contributed by atoms with Crippen LogP contribution >= 0.6 is 0 Å². The van der Waals surface area contributed by atoms with Gasteiger partial charge in [-0.3, -0.25) is 52.7 Å². The highest BCUT2D eigenvalue weighted by atomic mass is 16.4. The number of aromatic hydroxyl groups is 2. The monoisotopic (exact) mass is 1200 g/mol. The number of phenolic OH excluding ortho intramolecular Hbond substituents is 2. The average Bonchev–Trinajstić information content (AvgIpc) is 3.33. The van der Waals surface area contributed by atoms with Gasteiger partial charge in [-0.15, -0.1) is 0 Å². The highest BCUT2D eigenvalue weighted by Gasteiger charge is 2.36. The van der Waals surface area contributed by atoms with Crippen molar-refractivity contribution in [3.05, 3.63) is 131 Å². The van der Waals surface area contributed by atoms with Gasteiger partial charge in [0.05, 0.1) is 19.6 Å². The van der Waals surface area contributed by atoms with Gasteiger partial charge in [-0.2, -0.15) is 0 Å². The Morgan fingerprint density at radius 2 is 0.779 bits per heavy atom. The molecule has 0 saturated heterocycles. The van der Waals surface area contributed by atoms with Gasteiger partial charge in [0.2, 0.25) is 53.2 Å². The van der Waals surface area contributed by atoms with Crippen molar-refractivity contribution in [3.8, 4) is 11.5 Å². The molecule has 28 heteroatoms. The van der Waals surface area contributed by atoms with E-state index in [4.69, 9.17) is 5.73 Å². The summed E-state index contributed by atoms with van der Waals surface area (Å²) < 4.78 is 0. The molecule has 0 aliphatic carbocycles. The number of nitrogens with two attached hydrogens (primary N) is 1. The molecule has 28 nitrogen and oxygen atoms in total. The molecule has 0 unspecified atom stereocenters. The summed E-state index contributed by atoms with van der Waals surface area (Å²) in [5.74, 6) is -14.5. The number of carboxylic acids is 3. The summed E-state index contributed by atoms with van der Waals surface area (Å²) in [7, 11) is 0. The van der Waals surface area contributed by atoms with Gasteiger partial charge >= 0.3 is 17.9 Å². The number of rotatable bonds is 34. The standard InChI is InChI=1S/C58H72N10O18/c1-31(2)49(68-56(83)45(30-69)61-46(72)29-59)57(84)66-42(25-34-12-8-5-9-13-34)52(79)62-39(22-23-47(73)74)51(78)60-32(3)50(77)63-40(26-35-14-18-37(70)19-15-35)53(80)64-41(24-33-10-6-4-7-11-33)54(81)65-43(28-48(75)76)55(82)67-44(58(85)86)27-36-16-20-38(71)21-17-36/h4-21,31-32,39-45,49,69-71H,22-30,59H2,1-3H3,(H,60,78)(H,61,72)(H,62,79)(H,63,77)(H,64,80)(H,65,81)(H,66,84)(H,67,82)(H,68,83)(H,73,74)(H,75,76)(H,85,86)/t32-,39-,40-,41-,42-,43-,44-,45-,49-/m0/s1. The number of carbonyl (C=O) groups is 12. The third kappa shape index (κ3) is 23.0. The number of amides is 9. The van der Waals surface area contributed by atoms with Crippen LogP contribution in [0.15, 0.2) is 109 Å². The van der Waals surface area contributed by atoms with Crippen molar-refractivity contribution in [1.82, 2.24) is 47.9 Å². The maximum Gasteiger partial charge on any atom is 0.326 e. The van der Waals surface area contributed by atoms with Gasteiger partial charge in [0, 0.05) is 32.1 Å². The number of benzene rings is 4. The second-order valence-electron chi connectivity index (χ2n) is 20.3. The van der Waals surface area contributed by atoms with E-state index in [1.807, 2.05) is 0 Å². The molecule has 0 saturated carbocycles. The van der Waals surface area contributed by atoms with Gasteiger partial charge in [0.15, 0.2) is 0 Å². The molecular weight excluding hydrogens is 1120 g/mol. The Morgan fingerprint density at radius 1 is 0.407 bits per heavy atom. The van der Waals surface area contributed by atoms with Crippen molar-refractivity contribution in [1.29, 1.82) is 0 Å². The van der Waals surface area contributed by atoms with Crippen molar-refractivity contribution in [3.63, 3.8) is 0 Å². The minimum atomic E-state index is -1.91. The first-order valence-electron chi connectivity index (χ1n) is 27.1. The average molecular weight is 1200 g/mol. The fourth-order valence-corrected chi connectivity index (χ4v) is 8.45. The van der Waals surface area contributed by atoms with E-state index >= 15 is 0 Å². The summed E-state index contributed by atoms with van der Waals surface area (Å²) in [6.45, 7) is 2.96. The minimum absolute atomic E-state index is 0.113. The fourth-order valence-electron chi connectivity index (χ4n) is 8.45. The van der Waals surface area contributed by atoms with E-state index in [0.717, 1.165) is 0 Å². The smallest absolute Gasteiger partial charge is 0.326 e. The summed E-state index contributed by atoms with van der Waals surface area (Å²) >= 11 is 0. The third-order valence-corrected chi connectivity index (χ3v) is 13.1. The van der Waals surface area contributed by atoms with Crippen molar-refractivity contribution in [2.24, 2.45) is 11.7 Å². The van der Waals surface area contributed by atoms with Crippen LogP contribution in [0.4, 0.5) is 0 Å². The molecule has 4 aromatic rings. The van der Waals surface area contributed by atoms with Crippen molar-refractivity contribution in [2.75, 3.05) is 13.2 Å². The summed E-state index contributed by atoms with van der Waals surface area (Å²) in [5.41, 5.74) is 7.02. The number of nitrogens with one attached hydrogen (secondary N) is 9. The van der Waals surface area contributed by atoms with E-state index in [-0.39, 0.29) is 37.2 Å². The molecular formula is C58H72N10O18. The molecule has 9 amide bonds. The summed E-state index contributed by atoms with van der Waals surface area (Å²) in [6, 6.07) is 12.7. The fraction of sp³-hybridized carbons (Fsp3) is 0.379. The van der Waals surface area contributed by atoms with E-state index in [2.05, 4.69) is 47.9 Å². The molecule has 17 N–H and O–H groups in total. The molecule has 4 rings (SSSR count). The van der Waals surface area contributed by atoms with Gasteiger partial charge < -0.3 is 84.2 Å². The molecule has 0 aliphatic heterocycles. The topological polar surface area (TPSA) is 461 Å². The van der Waals surface area contributed by atoms with Crippen LogP contribution in [0.5, 0.6) is 11.5 Å². The molecule has 4 aromatic carbocycles. The Labute approximate surface area is 493 Å². The van der Waals surface area contributed by atoms with Gasteiger partial charge in [0.1, 0.15) is 65.9 Å².